The van der Waals surface area contributed by atoms with Gasteiger partial charge in [0.15, 0.2) is 0 Å². The lowest BCUT2D eigenvalue weighted by molar-refractivity contribution is -0.140. The molecular weight excluding hydrogens is 230 g/mol. The summed E-state index contributed by atoms with van der Waals surface area (Å²) >= 11 is 0. The minimum Gasteiger partial charge on any atom is -0.347 e. The van der Waals surface area contributed by atoms with E-state index in [4.69, 9.17) is 5.73 Å². The van der Waals surface area contributed by atoms with E-state index in [1.807, 2.05) is 20.8 Å². The molecule has 18 heavy (non-hydrogen) atoms. The first-order valence-electron chi connectivity index (χ1n) is 6.54. The third-order valence-corrected chi connectivity index (χ3v) is 2.67. The first-order chi connectivity index (χ1) is 8.29. The summed E-state index contributed by atoms with van der Waals surface area (Å²) < 4.78 is 0. The molecule has 0 rings (SSSR count). The van der Waals surface area contributed by atoms with Gasteiger partial charge in [0.1, 0.15) is 0 Å². The number of nitrogens with two attached hydrogens (primary N) is 1. The summed E-state index contributed by atoms with van der Waals surface area (Å²) in [6.45, 7) is 6.73. The highest BCUT2D eigenvalue weighted by molar-refractivity contribution is 5.87. The van der Waals surface area contributed by atoms with Crippen LogP contribution in [0.25, 0.3) is 0 Å². The highest BCUT2D eigenvalue weighted by Crippen LogP contribution is 2.06. The van der Waals surface area contributed by atoms with Crippen LogP contribution in [0.4, 0.5) is 0 Å². The van der Waals surface area contributed by atoms with Gasteiger partial charge < -0.3 is 15.5 Å². The third-order valence-electron chi connectivity index (χ3n) is 2.67. The molecule has 0 unspecified atom stereocenters. The number of hydrogen-bond acceptors (Lipinski definition) is 3. The molecular formula is C13H27N3O2. The van der Waals surface area contributed by atoms with Crippen molar-refractivity contribution in [2.45, 2.75) is 39.7 Å². The van der Waals surface area contributed by atoms with Crippen molar-refractivity contribution in [1.29, 1.82) is 0 Å². The van der Waals surface area contributed by atoms with Crippen molar-refractivity contribution in [3.63, 3.8) is 0 Å². The topological polar surface area (TPSA) is 66.6 Å². The normalized spacial score (nSPS) is 12.4. The number of carbonyl (C=O) groups is 2. The molecule has 5 nitrogen and oxygen atoms in total. The van der Waals surface area contributed by atoms with Crippen LogP contribution in [0.1, 0.15) is 33.6 Å². The van der Waals surface area contributed by atoms with Crippen LogP contribution < -0.4 is 5.73 Å². The van der Waals surface area contributed by atoms with Gasteiger partial charge in [-0.3, -0.25) is 9.59 Å². The van der Waals surface area contributed by atoms with E-state index >= 15 is 0 Å². The molecule has 0 aromatic carbocycles. The van der Waals surface area contributed by atoms with Crippen molar-refractivity contribution >= 4 is 11.8 Å². The van der Waals surface area contributed by atoms with Crippen molar-refractivity contribution in [2.24, 2.45) is 11.7 Å². The Morgan fingerprint density at radius 2 is 1.78 bits per heavy atom. The zero-order chi connectivity index (χ0) is 14.3. The van der Waals surface area contributed by atoms with Crippen LogP contribution in [-0.4, -0.2) is 54.8 Å². The zero-order valence-electron chi connectivity index (χ0n) is 12.3. The highest BCUT2D eigenvalue weighted by Gasteiger charge is 2.23. The van der Waals surface area contributed by atoms with E-state index in [0.29, 0.717) is 18.9 Å². The summed E-state index contributed by atoms with van der Waals surface area (Å²) in [7, 11) is 3.37. The van der Waals surface area contributed by atoms with Crippen LogP contribution in [0.3, 0.4) is 0 Å². The molecule has 2 amide bonds. The summed E-state index contributed by atoms with van der Waals surface area (Å²) in [4.78, 5) is 26.9. The Kier molecular flexibility index (Phi) is 7.59. The van der Waals surface area contributed by atoms with Gasteiger partial charge in [0.2, 0.25) is 11.8 Å². The quantitative estimate of drug-likeness (QED) is 0.729. The molecule has 0 fully saturated rings. The van der Waals surface area contributed by atoms with E-state index in [1.54, 1.807) is 19.0 Å². The second kappa shape index (κ2) is 8.08. The molecule has 0 heterocycles. The molecule has 0 radical (unpaired) electrons. The summed E-state index contributed by atoms with van der Waals surface area (Å²) in [5, 5.41) is 0. The molecule has 0 aliphatic heterocycles. The number of amides is 2. The van der Waals surface area contributed by atoms with Crippen LogP contribution >= 0.6 is 0 Å². The van der Waals surface area contributed by atoms with Crippen molar-refractivity contribution < 1.29 is 9.59 Å². The Morgan fingerprint density at radius 3 is 2.17 bits per heavy atom. The second-order valence-electron chi connectivity index (χ2n) is 5.28. The van der Waals surface area contributed by atoms with E-state index in [2.05, 4.69) is 0 Å². The minimum atomic E-state index is -0.508. The van der Waals surface area contributed by atoms with Gasteiger partial charge in [0.25, 0.3) is 0 Å². The maximum Gasteiger partial charge on any atom is 0.241 e. The standard InChI is InChI=1S/C13H27N3O2/c1-6-7-16(9-12(17)15(4)5)13(18)11(14)8-10(2)3/h10-11H,6-9,14H2,1-5H3/t11-/m1/s1. The van der Waals surface area contributed by atoms with Crippen molar-refractivity contribution in [2.75, 3.05) is 27.2 Å². The molecule has 0 saturated carbocycles. The summed E-state index contributed by atoms with van der Waals surface area (Å²) in [5.41, 5.74) is 5.89. The Bertz CT molecular complexity index is 277. The molecule has 0 saturated heterocycles. The van der Waals surface area contributed by atoms with Gasteiger partial charge in [0, 0.05) is 20.6 Å². The minimum absolute atomic E-state index is 0.0754. The molecule has 2 N–H and O–H groups in total. The smallest absolute Gasteiger partial charge is 0.241 e. The molecule has 0 bridgehead atoms. The van der Waals surface area contributed by atoms with Crippen LogP contribution in [-0.2, 0) is 9.59 Å². The molecule has 0 aliphatic carbocycles. The number of hydrogen-bond donors (Lipinski definition) is 1. The number of carbonyl (C=O) groups excluding carboxylic acids is 2. The number of rotatable bonds is 7. The van der Waals surface area contributed by atoms with Crippen molar-refractivity contribution in [1.82, 2.24) is 9.80 Å². The fourth-order valence-electron chi connectivity index (χ4n) is 1.68. The molecule has 106 valence electrons. The fourth-order valence-corrected chi connectivity index (χ4v) is 1.68. The third kappa shape index (κ3) is 6.00. The first kappa shape index (κ1) is 16.9. The zero-order valence-corrected chi connectivity index (χ0v) is 12.3. The predicted molar refractivity (Wildman–Crippen MR) is 73.0 cm³/mol. The second-order valence-corrected chi connectivity index (χ2v) is 5.28. The van der Waals surface area contributed by atoms with Gasteiger partial charge >= 0.3 is 0 Å². The van der Waals surface area contributed by atoms with E-state index in [0.717, 1.165) is 6.42 Å². The Balaban J connectivity index is 4.57. The molecule has 5 heteroatoms. The Morgan fingerprint density at radius 1 is 1.22 bits per heavy atom. The van der Waals surface area contributed by atoms with Gasteiger partial charge in [-0.05, 0) is 18.8 Å². The molecule has 1 atom stereocenters. The van der Waals surface area contributed by atoms with Gasteiger partial charge in [0.05, 0.1) is 12.6 Å². The van der Waals surface area contributed by atoms with Crippen molar-refractivity contribution in [3.8, 4) is 0 Å². The monoisotopic (exact) mass is 257 g/mol. The van der Waals surface area contributed by atoms with Crippen LogP contribution in [0, 0.1) is 5.92 Å². The van der Waals surface area contributed by atoms with Gasteiger partial charge in [-0.1, -0.05) is 20.8 Å². The maximum atomic E-state index is 12.2. The largest absolute Gasteiger partial charge is 0.347 e. The first-order valence-corrected chi connectivity index (χ1v) is 6.54. The molecule has 0 aliphatic rings. The number of likely N-dealkylation sites (N-methyl/N-ethyl adjacent to an activating group) is 1. The van der Waals surface area contributed by atoms with Gasteiger partial charge in [-0.15, -0.1) is 0 Å². The summed E-state index contributed by atoms with van der Waals surface area (Å²) in [6.07, 6.45) is 1.47. The van der Waals surface area contributed by atoms with Gasteiger partial charge in [-0.25, -0.2) is 0 Å². The lowest BCUT2D eigenvalue weighted by atomic mass is 10.0. The summed E-state index contributed by atoms with van der Waals surface area (Å²) in [5.74, 6) is 0.172. The highest BCUT2D eigenvalue weighted by atomic mass is 16.2. The predicted octanol–water partition coefficient (Wildman–Crippen LogP) is 0.687. The maximum absolute atomic E-state index is 12.2. The van der Waals surface area contributed by atoms with E-state index < -0.39 is 6.04 Å². The van der Waals surface area contributed by atoms with E-state index in [1.165, 1.54) is 4.90 Å². The lowest BCUT2D eigenvalue weighted by Gasteiger charge is -2.26. The van der Waals surface area contributed by atoms with Gasteiger partial charge in [-0.2, -0.15) is 0 Å². The van der Waals surface area contributed by atoms with Crippen LogP contribution in [0.2, 0.25) is 0 Å². The fraction of sp³-hybridized carbons (Fsp3) is 0.846. The molecule has 0 aromatic rings. The van der Waals surface area contributed by atoms with Crippen LogP contribution in [0.5, 0.6) is 0 Å². The average Bonchev–Trinajstić information content (AvgIpc) is 2.26. The van der Waals surface area contributed by atoms with Crippen molar-refractivity contribution in [3.05, 3.63) is 0 Å². The molecule has 0 spiro atoms. The van der Waals surface area contributed by atoms with Crippen LogP contribution in [0.15, 0.2) is 0 Å². The molecule has 0 aromatic heterocycles. The summed E-state index contributed by atoms with van der Waals surface area (Å²) in [6, 6.07) is -0.508. The lowest BCUT2D eigenvalue weighted by Crippen LogP contribution is -2.48. The van der Waals surface area contributed by atoms with E-state index in [9.17, 15) is 9.59 Å². The average molecular weight is 257 g/mol. The number of nitrogens with zero attached hydrogens (tertiary/aromatic N) is 2. The SMILES string of the molecule is CCCN(CC(=O)N(C)C)C(=O)[C@H](N)CC(C)C. The Hall–Kier alpha value is -1.10. The van der Waals surface area contributed by atoms with E-state index in [-0.39, 0.29) is 18.4 Å². The Labute approximate surface area is 110 Å².